The summed E-state index contributed by atoms with van der Waals surface area (Å²) in [5.74, 6) is -0.876. The van der Waals surface area contributed by atoms with Crippen molar-refractivity contribution in [3.63, 3.8) is 0 Å². The third-order valence-electron chi connectivity index (χ3n) is 3.57. The van der Waals surface area contributed by atoms with Crippen LogP contribution in [0.15, 0.2) is 47.4 Å². The number of anilines is 1. The minimum absolute atomic E-state index is 0.139. The van der Waals surface area contributed by atoms with Gasteiger partial charge in [-0.05, 0) is 82.4 Å². The number of hydrogen-bond donors (Lipinski definition) is 2. The Hall–Kier alpha value is -2.04. The molecule has 0 saturated carbocycles. The van der Waals surface area contributed by atoms with E-state index in [9.17, 15) is 19.5 Å². The number of aromatic hydroxyl groups is 1. The molecule has 0 aromatic heterocycles. The third kappa shape index (κ3) is 4.82. The van der Waals surface area contributed by atoms with Crippen molar-refractivity contribution in [2.24, 2.45) is 0 Å². The zero-order valence-electron chi connectivity index (χ0n) is 13.6. The second-order valence-corrected chi connectivity index (χ2v) is 8.13. The van der Waals surface area contributed by atoms with Crippen molar-refractivity contribution >= 4 is 74.8 Å². The van der Waals surface area contributed by atoms with E-state index in [2.05, 4.69) is 5.32 Å². The fourth-order valence-electron chi connectivity index (χ4n) is 2.28. The molecular formula is C18H12ClIN2O4S. The lowest BCUT2D eigenvalue weighted by Gasteiger charge is -2.12. The van der Waals surface area contributed by atoms with Gasteiger partial charge in [-0.15, -0.1) is 0 Å². The standard InChI is InChI=1S/C18H12ClIN2O4S/c19-11-2-4-12(5-3-11)21-16(24)9-22-17(25)15(27-18(22)26)8-10-1-6-14(23)13(20)7-10/h1-8,23H,9H2,(H,21,24)/b15-8-. The lowest BCUT2D eigenvalue weighted by atomic mass is 10.2. The van der Waals surface area contributed by atoms with E-state index in [0.29, 0.717) is 19.8 Å². The number of phenols is 1. The summed E-state index contributed by atoms with van der Waals surface area (Å²) in [5.41, 5.74) is 1.19. The molecule has 0 spiro atoms. The molecule has 6 nitrogen and oxygen atoms in total. The molecule has 0 atom stereocenters. The highest BCUT2D eigenvalue weighted by atomic mass is 127. The van der Waals surface area contributed by atoms with Gasteiger partial charge in [0.15, 0.2) is 0 Å². The highest BCUT2D eigenvalue weighted by molar-refractivity contribution is 14.1. The van der Waals surface area contributed by atoms with Crippen molar-refractivity contribution in [1.82, 2.24) is 4.90 Å². The quantitative estimate of drug-likeness (QED) is 0.469. The molecule has 1 aliphatic heterocycles. The van der Waals surface area contributed by atoms with Crippen molar-refractivity contribution in [1.29, 1.82) is 0 Å². The van der Waals surface area contributed by atoms with E-state index in [4.69, 9.17) is 11.6 Å². The minimum atomic E-state index is -0.528. The summed E-state index contributed by atoms with van der Waals surface area (Å²) in [6, 6.07) is 11.3. The van der Waals surface area contributed by atoms with Crippen LogP contribution in [0.3, 0.4) is 0 Å². The van der Waals surface area contributed by atoms with Crippen LogP contribution in [-0.4, -0.2) is 33.6 Å². The highest BCUT2D eigenvalue weighted by Crippen LogP contribution is 2.33. The number of benzene rings is 2. The Bertz CT molecular complexity index is 962. The number of carbonyl (C=O) groups is 3. The second-order valence-electron chi connectivity index (χ2n) is 5.53. The maximum Gasteiger partial charge on any atom is 0.294 e. The summed E-state index contributed by atoms with van der Waals surface area (Å²) in [5, 5.41) is 12.2. The summed E-state index contributed by atoms with van der Waals surface area (Å²) in [6.45, 7) is -0.377. The third-order valence-corrected chi connectivity index (χ3v) is 5.60. The minimum Gasteiger partial charge on any atom is -0.507 e. The van der Waals surface area contributed by atoms with Gasteiger partial charge >= 0.3 is 0 Å². The van der Waals surface area contributed by atoms with E-state index in [-0.39, 0.29) is 17.2 Å². The number of nitrogens with zero attached hydrogens (tertiary/aromatic N) is 1. The smallest absolute Gasteiger partial charge is 0.294 e. The molecule has 3 amide bonds. The fraction of sp³-hybridized carbons (Fsp3) is 0.0556. The molecule has 3 rings (SSSR count). The molecule has 0 radical (unpaired) electrons. The zero-order valence-corrected chi connectivity index (χ0v) is 17.3. The van der Waals surface area contributed by atoms with Crippen molar-refractivity contribution in [3.05, 3.63) is 61.5 Å². The molecule has 1 aliphatic rings. The van der Waals surface area contributed by atoms with Crippen LogP contribution in [0.1, 0.15) is 5.56 Å². The molecule has 0 unspecified atom stereocenters. The normalized spacial score (nSPS) is 15.5. The first-order valence-electron chi connectivity index (χ1n) is 7.63. The molecule has 0 bridgehead atoms. The van der Waals surface area contributed by atoms with Crippen LogP contribution in [0, 0.1) is 3.57 Å². The molecule has 1 heterocycles. The van der Waals surface area contributed by atoms with Gasteiger partial charge in [0, 0.05) is 10.7 Å². The summed E-state index contributed by atoms with van der Waals surface area (Å²) >= 11 is 8.53. The topological polar surface area (TPSA) is 86.7 Å². The first-order valence-corrected chi connectivity index (χ1v) is 9.90. The lowest BCUT2D eigenvalue weighted by Crippen LogP contribution is -2.36. The Morgan fingerprint density at radius 1 is 1.22 bits per heavy atom. The molecule has 0 aliphatic carbocycles. The van der Waals surface area contributed by atoms with Gasteiger partial charge in [-0.3, -0.25) is 19.3 Å². The van der Waals surface area contributed by atoms with Crippen LogP contribution in [0.25, 0.3) is 6.08 Å². The van der Waals surface area contributed by atoms with Crippen LogP contribution < -0.4 is 5.32 Å². The largest absolute Gasteiger partial charge is 0.507 e. The number of halogens is 2. The van der Waals surface area contributed by atoms with Crippen molar-refractivity contribution in [2.75, 3.05) is 11.9 Å². The van der Waals surface area contributed by atoms with Gasteiger partial charge in [-0.2, -0.15) is 0 Å². The molecule has 1 fully saturated rings. The monoisotopic (exact) mass is 514 g/mol. The van der Waals surface area contributed by atoms with E-state index in [1.54, 1.807) is 42.5 Å². The number of imide groups is 1. The van der Waals surface area contributed by atoms with E-state index in [0.717, 1.165) is 16.7 Å². The molecular weight excluding hydrogens is 503 g/mol. The lowest BCUT2D eigenvalue weighted by molar-refractivity contribution is -0.127. The molecule has 2 aromatic carbocycles. The molecule has 138 valence electrons. The number of phenolic OH excluding ortho intramolecular Hbond substituents is 1. The number of carbonyl (C=O) groups excluding carboxylic acids is 3. The molecule has 2 aromatic rings. The molecule has 9 heteroatoms. The van der Waals surface area contributed by atoms with Gasteiger partial charge < -0.3 is 10.4 Å². The number of amides is 3. The fourth-order valence-corrected chi connectivity index (χ4v) is 3.78. The Balaban J connectivity index is 1.70. The second kappa shape index (κ2) is 8.32. The number of rotatable bonds is 4. The highest BCUT2D eigenvalue weighted by Gasteiger charge is 2.36. The number of thioether (sulfide) groups is 1. The van der Waals surface area contributed by atoms with E-state index in [1.165, 1.54) is 6.07 Å². The zero-order chi connectivity index (χ0) is 19.6. The van der Waals surface area contributed by atoms with Crippen molar-refractivity contribution < 1.29 is 19.5 Å². The first kappa shape index (κ1) is 19.7. The van der Waals surface area contributed by atoms with Gasteiger partial charge in [0.2, 0.25) is 5.91 Å². The first-order chi connectivity index (χ1) is 12.8. The average molecular weight is 515 g/mol. The predicted octanol–water partition coefficient (Wildman–Crippen LogP) is 4.33. The van der Waals surface area contributed by atoms with Crippen molar-refractivity contribution in [3.8, 4) is 5.75 Å². The summed E-state index contributed by atoms with van der Waals surface area (Å²) in [4.78, 5) is 37.9. The predicted molar refractivity (Wildman–Crippen MR) is 114 cm³/mol. The van der Waals surface area contributed by atoms with E-state index in [1.807, 2.05) is 22.6 Å². The van der Waals surface area contributed by atoms with Crippen LogP contribution in [-0.2, 0) is 9.59 Å². The van der Waals surface area contributed by atoms with Gasteiger partial charge in [0.1, 0.15) is 12.3 Å². The van der Waals surface area contributed by atoms with E-state index >= 15 is 0 Å². The average Bonchev–Trinajstić information content (AvgIpc) is 2.87. The van der Waals surface area contributed by atoms with Crippen LogP contribution >= 0.6 is 46.0 Å². The summed E-state index contributed by atoms with van der Waals surface area (Å²) < 4.78 is 0.628. The van der Waals surface area contributed by atoms with Crippen LogP contribution in [0.2, 0.25) is 5.02 Å². The number of hydrogen-bond acceptors (Lipinski definition) is 5. The molecule has 1 saturated heterocycles. The molecule has 2 N–H and O–H groups in total. The van der Waals surface area contributed by atoms with Crippen LogP contribution in [0.4, 0.5) is 10.5 Å². The summed E-state index contributed by atoms with van der Waals surface area (Å²) in [7, 11) is 0. The van der Waals surface area contributed by atoms with Gasteiger partial charge in [-0.1, -0.05) is 17.7 Å². The van der Waals surface area contributed by atoms with Crippen molar-refractivity contribution in [2.45, 2.75) is 0 Å². The summed E-state index contributed by atoms with van der Waals surface area (Å²) in [6.07, 6.45) is 1.56. The maximum atomic E-state index is 12.5. The Morgan fingerprint density at radius 3 is 2.59 bits per heavy atom. The Labute approximate surface area is 177 Å². The SMILES string of the molecule is O=C(CN1C(=O)S/C(=C\c2ccc(O)c(I)c2)C1=O)Nc1ccc(Cl)cc1. The Morgan fingerprint density at radius 2 is 1.93 bits per heavy atom. The van der Waals surface area contributed by atoms with Gasteiger partial charge in [0.05, 0.1) is 8.48 Å². The maximum absolute atomic E-state index is 12.5. The van der Waals surface area contributed by atoms with Gasteiger partial charge in [-0.25, -0.2) is 0 Å². The molecule has 27 heavy (non-hydrogen) atoms. The van der Waals surface area contributed by atoms with Crippen LogP contribution in [0.5, 0.6) is 5.75 Å². The number of nitrogens with one attached hydrogen (secondary N) is 1. The Kier molecular flexibility index (Phi) is 6.08. The van der Waals surface area contributed by atoms with Gasteiger partial charge in [0.25, 0.3) is 11.1 Å². The van der Waals surface area contributed by atoms with E-state index < -0.39 is 17.1 Å².